The third-order valence-electron chi connectivity index (χ3n) is 7.45. The van der Waals surface area contributed by atoms with Crippen molar-refractivity contribution in [3.8, 4) is 0 Å². The molecule has 242 valence electrons. The number of rotatable bonds is 7. The fourth-order valence-corrected chi connectivity index (χ4v) is 6.07. The number of carbonyl (C=O) groups excluding carboxylic acids is 2. The number of carboxylic acids is 1. The number of hydrogen-bond acceptors (Lipinski definition) is 6. The first-order valence-electron chi connectivity index (χ1n) is 13.5. The average Bonchev–Trinajstić information content (AvgIpc) is 3.38. The Morgan fingerprint density at radius 2 is 1.77 bits per heavy atom. The number of carboxylic acid groups (broad SMARTS) is 1. The molecule has 4 rings (SSSR count). The summed E-state index contributed by atoms with van der Waals surface area (Å²) in [5.41, 5.74) is -0.249. The highest BCUT2D eigenvalue weighted by Crippen LogP contribution is 2.57. The van der Waals surface area contributed by atoms with E-state index in [0.717, 1.165) is 0 Å². The highest BCUT2D eigenvalue weighted by atomic mass is 35.5. The normalized spacial score (nSPS) is 23.4. The van der Waals surface area contributed by atoms with Crippen LogP contribution in [0, 0.1) is 11.2 Å². The lowest BCUT2D eigenvalue weighted by Gasteiger charge is -2.37. The maximum absolute atomic E-state index is 15.7. The van der Waals surface area contributed by atoms with E-state index >= 15 is 4.39 Å². The molecular weight excluding hydrogens is 633 g/mol. The van der Waals surface area contributed by atoms with Crippen molar-refractivity contribution in [3.05, 3.63) is 63.4 Å². The van der Waals surface area contributed by atoms with Gasteiger partial charge in [-0.15, -0.1) is 0 Å². The van der Waals surface area contributed by atoms with E-state index in [1.807, 2.05) is 20.8 Å². The minimum atomic E-state index is -5.08. The molecule has 6 N–H and O–H groups in total. The van der Waals surface area contributed by atoms with Crippen LogP contribution < -0.4 is 16.0 Å². The van der Waals surface area contributed by atoms with Gasteiger partial charge in [-0.2, -0.15) is 13.2 Å². The van der Waals surface area contributed by atoms with Gasteiger partial charge in [-0.1, -0.05) is 62.2 Å². The largest absolute Gasteiger partial charge is 0.490 e. The van der Waals surface area contributed by atoms with Crippen LogP contribution in [0.1, 0.15) is 50.7 Å². The zero-order valence-electron chi connectivity index (χ0n) is 23.9. The number of anilines is 1. The van der Waals surface area contributed by atoms with E-state index in [2.05, 4.69) is 16.0 Å². The summed E-state index contributed by atoms with van der Waals surface area (Å²) < 4.78 is 47.4. The van der Waals surface area contributed by atoms with Crippen LogP contribution in [-0.2, 0) is 19.8 Å². The van der Waals surface area contributed by atoms with E-state index in [0.29, 0.717) is 22.7 Å². The lowest BCUT2D eigenvalue weighted by atomic mass is 9.62. The SMILES string of the molecule is CC(C)(C)C[C@H]1N[C@@H](C(=O)NCC[C@H](O)CO)[C@H](c2cccc(Cl)c2F)[C@@]12C(=O)Nc1cc(Cl)ccc12.O=C(O)C(F)(F)F. The Bertz CT molecular complexity index is 1400. The van der Waals surface area contributed by atoms with E-state index in [1.54, 1.807) is 30.3 Å². The molecule has 2 heterocycles. The van der Waals surface area contributed by atoms with Crippen LogP contribution >= 0.6 is 23.2 Å². The van der Waals surface area contributed by atoms with Crippen LogP contribution in [0.2, 0.25) is 10.0 Å². The van der Waals surface area contributed by atoms with Gasteiger partial charge in [0.25, 0.3) is 0 Å². The number of carbonyl (C=O) groups is 3. The maximum Gasteiger partial charge on any atom is 0.490 e. The van der Waals surface area contributed by atoms with Gasteiger partial charge in [-0.05, 0) is 47.6 Å². The Kier molecular flexibility index (Phi) is 11.0. The number of halogens is 6. The quantitative estimate of drug-likeness (QED) is 0.241. The Labute approximate surface area is 260 Å². The van der Waals surface area contributed by atoms with Crippen molar-refractivity contribution in [3.63, 3.8) is 0 Å². The molecule has 5 atom stereocenters. The molecule has 1 spiro atoms. The molecule has 0 radical (unpaired) electrons. The van der Waals surface area contributed by atoms with Crippen molar-refractivity contribution >= 4 is 46.7 Å². The zero-order chi connectivity index (χ0) is 33.2. The highest BCUT2D eigenvalue weighted by molar-refractivity contribution is 6.31. The molecule has 1 saturated heterocycles. The topological polar surface area (TPSA) is 148 Å². The number of benzene rings is 2. The number of fused-ring (bicyclic) bond motifs is 2. The van der Waals surface area contributed by atoms with Gasteiger partial charge in [0, 0.05) is 29.2 Å². The molecule has 0 bridgehead atoms. The number of aliphatic carboxylic acids is 1. The van der Waals surface area contributed by atoms with E-state index in [4.69, 9.17) is 38.2 Å². The molecule has 0 aromatic heterocycles. The fourth-order valence-electron chi connectivity index (χ4n) is 5.72. The number of aliphatic hydroxyl groups excluding tert-OH is 2. The van der Waals surface area contributed by atoms with E-state index in [1.165, 1.54) is 6.07 Å². The molecule has 2 aromatic carbocycles. The van der Waals surface area contributed by atoms with Gasteiger partial charge in [0.1, 0.15) is 11.2 Å². The summed E-state index contributed by atoms with van der Waals surface area (Å²) in [7, 11) is 0. The van der Waals surface area contributed by atoms with Gasteiger partial charge >= 0.3 is 12.1 Å². The van der Waals surface area contributed by atoms with Crippen LogP contribution in [0.4, 0.5) is 23.2 Å². The average molecular weight is 666 g/mol. The molecule has 9 nitrogen and oxygen atoms in total. The molecule has 0 saturated carbocycles. The summed E-state index contributed by atoms with van der Waals surface area (Å²) in [5, 5.41) is 35.4. The maximum atomic E-state index is 15.7. The second kappa shape index (κ2) is 13.6. The summed E-state index contributed by atoms with van der Waals surface area (Å²) in [6, 6.07) is 8.18. The highest BCUT2D eigenvalue weighted by Gasteiger charge is 2.66. The predicted octanol–water partition coefficient (Wildman–Crippen LogP) is 4.38. The summed E-state index contributed by atoms with van der Waals surface area (Å²) in [5.74, 6) is -5.17. The summed E-state index contributed by atoms with van der Waals surface area (Å²) in [6.07, 6.45) is -5.41. The van der Waals surface area contributed by atoms with Crippen LogP contribution in [0.25, 0.3) is 0 Å². The number of hydrogen-bond donors (Lipinski definition) is 6. The van der Waals surface area contributed by atoms with E-state index in [-0.39, 0.29) is 34.9 Å². The molecule has 0 aliphatic carbocycles. The number of amides is 2. The minimum Gasteiger partial charge on any atom is -0.475 e. The molecule has 2 aliphatic heterocycles. The van der Waals surface area contributed by atoms with Crippen molar-refractivity contribution in [1.82, 2.24) is 10.6 Å². The monoisotopic (exact) mass is 665 g/mol. The van der Waals surface area contributed by atoms with Crippen LogP contribution in [0.3, 0.4) is 0 Å². The zero-order valence-corrected chi connectivity index (χ0v) is 25.4. The Morgan fingerprint density at radius 1 is 1.14 bits per heavy atom. The molecule has 2 amide bonds. The second-order valence-electron chi connectivity index (χ2n) is 11.8. The number of aliphatic hydroxyl groups is 2. The van der Waals surface area contributed by atoms with Crippen LogP contribution in [-0.4, -0.2) is 70.6 Å². The van der Waals surface area contributed by atoms with Crippen molar-refractivity contribution in [2.45, 2.75) is 69.3 Å². The minimum absolute atomic E-state index is 0.0960. The van der Waals surface area contributed by atoms with Gasteiger partial charge in [-0.25, -0.2) is 9.18 Å². The van der Waals surface area contributed by atoms with Gasteiger partial charge in [0.15, 0.2) is 0 Å². The van der Waals surface area contributed by atoms with Crippen molar-refractivity contribution in [2.75, 3.05) is 18.5 Å². The standard InChI is InChI=1S/C27H32Cl2FN3O4.C2HF3O2/c1-26(2,3)12-20-27(17-8-7-14(28)11-19(17)32-25(27)37)21(16-5-4-6-18(29)22(16)30)23(33-20)24(36)31-10-9-15(35)13-34;3-2(4,5)1(6)7/h4-8,11,15,20-21,23,33-35H,9-10,12-13H2,1-3H3,(H,31,36)(H,32,37);(H,6,7)/t15-,20+,21-,23+,27-;/m0./s1. The van der Waals surface area contributed by atoms with Gasteiger partial charge in [0.05, 0.1) is 23.8 Å². The molecule has 0 unspecified atom stereocenters. The van der Waals surface area contributed by atoms with Crippen LogP contribution in [0.5, 0.6) is 0 Å². The molecule has 1 fully saturated rings. The molecule has 44 heavy (non-hydrogen) atoms. The summed E-state index contributed by atoms with van der Waals surface area (Å²) in [6.45, 7) is 5.78. The molecule has 2 aromatic rings. The summed E-state index contributed by atoms with van der Waals surface area (Å²) in [4.78, 5) is 36.5. The molecular formula is C29H33Cl2F4N3O6. The first-order valence-corrected chi connectivity index (χ1v) is 14.3. The third-order valence-corrected chi connectivity index (χ3v) is 7.98. The van der Waals surface area contributed by atoms with Crippen molar-refractivity contribution < 1.29 is 47.3 Å². The Balaban J connectivity index is 0.000000676. The van der Waals surface area contributed by atoms with Crippen molar-refractivity contribution in [1.29, 1.82) is 0 Å². The van der Waals surface area contributed by atoms with Gasteiger partial charge < -0.3 is 31.3 Å². The first kappa shape index (κ1) is 35.5. The fraction of sp³-hybridized carbons (Fsp3) is 0.483. The van der Waals surface area contributed by atoms with E-state index in [9.17, 15) is 27.9 Å². The number of nitrogens with one attached hydrogen (secondary N) is 3. The smallest absolute Gasteiger partial charge is 0.475 e. The van der Waals surface area contributed by atoms with Crippen LogP contribution in [0.15, 0.2) is 36.4 Å². The van der Waals surface area contributed by atoms with Crippen molar-refractivity contribution in [2.24, 2.45) is 5.41 Å². The molecule has 15 heteroatoms. The predicted molar refractivity (Wildman–Crippen MR) is 155 cm³/mol. The van der Waals surface area contributed by atoms with Gasteiger partial charge in [-0.3, -0.25) is 9.59 Å². The molecule has 2 aliphatic rings. The Hall–Kier alpha value is -2.97. The summed E-state index contributed by atoms with van der Waals surface area (Å²) >= 11 is 12.4. The lowest BCUT2D eigenvalue weighted by Crippen LogP contribution is -2.49. The lowest BCUT2D eigenvalue weighted by molar-refractivity contribution is -0.192. The first-order chi connectivity index (χ1) is 20.3. The van der Waals surface area contributed by atoms with Gasteiger partial charge in [0.2, 0.25) is 11.8 Å². The Morgan fingerprint density at radius 3 is 2.34 bits per heavy atom. The number of alkyl halides is 3. The van der Waals surface area contributed by atoms with E-state index < -0.39 is 60.0 Å². The second-order valence-corrected chi connectivity index (χ2v) is 12.7. The third kappa shape index (κ3) is 7.45.